The Kier molecular flexibility index (Phi) is 5.38. The number of anilines is 2. The highest BCUT2D eigenvalue weighted by molar-refractivity contribution is 5.95. The molecule has 0 saturated carbocycles. The third kappa shape index (κ3) is 3.33. The van der Waals surface area contributed by atoms with Crippen LogP contribution >= 0.6 is 0 Å². The molecule has 1 heterocycles. The summed E-state index contributed by atoms with van der Waals surface area (Å²) in [5.41, 5.74) is 6.35. The number of nitrogen functional groups attached to an aromatic ring is 1. The van der Waals surface area contributed by atoms with Crippen molar-refractivity contribution < 1.29 is 14.3 Å². The predicted octanol–water partition coefficient (Wildman–Crippen LogP) is 0.923. The van der Waals surface area contributed by atoms with E-state index in [4.69, 9.17) is 10.5 Å². The van der Waals surface area contributed by atoms with Crippen molar-refractivity contribution in [2.24, 2.45) is 0 Å². The first kappa shape index (κ1) is 14.2. The van der Waals surface area contributed by atoms with E-state index < -0.39 is 5.97 Å². The fraction of sp³-hybridized carbons (Fsp3) is 0.500. The highest BCUT2D eigenvalue weighted by Gasteiger charge is 2.14. The van der Waals surface area contributed by atoms with E-state index in [9.17, 15) is 4.79 Å². The summed E-state index contributed by atoms with van der Waals surface area (Å²) in [5.74, 6) is 0.225. The molecule has 0 unspecified atom stereocenters. The number of carbonyl (C=O) groups is 1. The third-order valence-electron chi connectivity index (χ3n) is 2.60. The van der Waals surface area contributed by atoms with Gasteiger partial charge in [0, 0.05) is 20.2 Å². The second-order valence-electron chi connectivity index (χ2n) is 3.69. The number of hydrogen-bond acceptors (Lipinski definition) is 6. The highest BCUT2D eigenvalue weighted by atomic mass is 16.5. The standard InChI is InChI=1S/C12H19N3O3/c1-4-15(5-6-17-2)11-7-9(12(16)18-3)10(13)8-14-11/h7-8H,4-6,13H2,1-3H3. The summed E-state index contributed by atoms with van der Waals surface area (Å²) in [6.07, 6.45) is 1.47. The van der Waals surface area contributed by atoms with Crippen LogP contribution in [0.2, 0.25) is 0 Å². The Labute approximate surface area is 107 Å². The van der Waals surface area contributed by atoms with Gasteiger partial charge in [-0.25, -0.2) is 9.78 Å². The van der Waals surface area contributed by atoms with Crippen LogP contribution in [0.4, 0.5) is 11.5 Å². The topological polar surface area (TPSA) is 77.7 Å². The molecule has 0 saturated heterocycles. The average Bonchev–Trinajstić information content (AvgIpc) is 2.40. The number of nitrogens with zero attached hydrogens (tertiary/aromatic N) is 2. The molecule has 0 aliphatic heterocycles. The average molecular weight is 253 g/mol. The number of aromatic nitrogens is 1. The van der Waals surface area contributed by atoms with Gasteiger partial charge >= 0.3 is 5.97 Å². The minimum absolute atomic E-state index is 0.313. The van der Waals surface area contributed by atoms with Crippen LogP contribution in [0.5, 0.6) is 0 Å². The molecule has 0 aromatic carbocycles. The van der Waals surface area contributed by atoms with Crippen molar-refractivity contribution in [3.8, 4) is 0 Å². The zero-order chi connectivity index (χ0) is 13.5. The molecule has 0 spiro atoms. The molecule has 100 valence electrons. The number of carbonyl (C=O) groups excluding carboxylic acids is 1. The van der Waals surface area contributed by atoms with E-state index in [-0.39, 0.29) is 0 Å². The van der Waals surface area contributed by atoms with Gasteiger partial charge in [0.2, 0.25) is 0 Å². The summed E-state index contributed by atoms with van der Waals surface area (Å²) in [6.45, 7) is 4.06. The summed E-state index contributed by atoms with van der Waals surface area (Å²) in [5, 5.41) is 0. The van der Waals surface area contributed by atoms with E-state index >= 15 is 0 Å². The lowest BCUT2D eigenvalue weighted by molar-refractivity contribution is 0.0602. The van der Waals surface area contributed by atoms with Crippen LogP contribution in [0.25, 0.3) is 0 Å². The van der Waals surface area contributed by atoms with Gasteiger partial charge in [0.15, 0.2) is 0 Å². The highest BCUT2D eigenvalue weighted by Crippen LogP contribution is 2.18. The Hall–Kier alpha value is -1.82. The number of esters is 1. The van der Waals surface area contributed by atoms with Gasteiger partial charge in [0.05, 0.1) is 31.2 Å². The maximum atomic E-state index is 11.5. The fourth-order valence-corrected chi connectivity index (χ4v) is 1.55. The van der Waals surface area contributed by atoms with E-state index in [0.717, 1.165) is 6.54 Å². The summed E-state index contributed by atoms with van der Waals surface area (Å²) in [6, 6.07) is 1.64. The molecule has 0 aliphatic rings. The normalized spacial score (nSPS) is 10.2. The lowest BCUT2D eigenvalue weighted by atomic mass is 10.2. The Morgan fingerprint density at radius 2 is 2.22 bits per heavy atom. The molecule has 18 heavy (non-hydrogen) atoms. The van der Waals surface area contributed by atoms with Gasteiger partial charge in [-0.05, 0) is 13.0 Å². The van der Waals surface area contributed by atoms with Gasteiger partial charge in [0.1, 0.15) is 5.82 Å². The van der Waals surface area contributed by atoms with Gasteiger partial charge in [-0.15, -0.1) is 0 Å². The van der Waals surface area contributed by atoms with E-state index in [2.05, 4.69) is 9.72 Å². The number of rotatable bonds is 6. The number of nitrogens with two attached hydrogens (primary N) is 1. The number of methoxy groups -OCH3 is 2. The number of likely N-dealkylation sites (N-methyl/N-ethyl adjacent to an activating group) is 1. The fourth-order valence-electron chi connectivity index (χ4n) is 1.55. The largest absolute Gasteiger partial charge is 0.465 e. The van der Waals surface area contributed by atoms with Crippen molar-refractivity contribution in [2.45, 2.75) is 6.92 Å². The minimum atomic E-state index is -0.459. The lowest BCUT2D eigenvalue weighted by Gasteiger charge is -2.22. The molecule has 2 N–H and O–H groups in total. The van der Waals surface area contributed by atoms with Crippen molar-refractivity contribution in [3.05, 3.63) is 17.8 Å². The van der Waals surface area contributed by atoms with Crippen LogP contribution in [0, 0.1) is 0 Å². The van der Waals surface area contributed by atoms with E-state index in [0.29, 0.717) is 30.2 Å². The molecule has 6 heteroatoms. The summed E-state index contributed by atoms with van der Waals surface area (Å²) in [4.78, 5) is 17.8. The molecule has 0 amide bonds. The Morgan fingerprint density at radius 1 is 1.50 bits per heavy atom. The van der Waals surface area contributed by atoms with Gasteiger partial charge in [-0.2, -0.15) is 0 Å². The second-order valence-corrected chi connectivity index (χ2v) is 3.69. The molecule has 0 radical (unpaired) electrons. The van der Waals surface area contributed by atoms with Crippen LogP contribution < -0.4 is 10.6 Å². The van der Waals surface area contributed by atoms with Gasteiger partial charge in [-0.1, -0.05) is 0 Å². The Bertz CT molecular complexity index is 410. The van der Waals surface area contributed by atoms with Gasteiger partial charge < -0.3 is 20.1 Å². The van der Waals surface area contributed by atoms with Crippen LogP contribution in [0.15, 0.2) is 12.3 Å². The third-order valence-corrected chi connectivity index (χ3v) is 2.60. The zero-order valence-corrected chi connectivity index (χ0v) is 11.0. The van der Waals surface area contributed by atoms with Gasteiger partial charge in [0.25, 0.3) is 0 Å². The smallest absolute Gasteiger partial charge is 0.340 e. The first-order valence-electron chi connectivity index (χ1n) is 5.71. The van der Waals surface area contributed by atoms with Crippen LogP contribution in [-0.2, 0) is 9.47 Å². The predicted molar refractivity (Wildman–Crippen MR) is 69.8 cm³/mol. The Balaban J connectivity index is 2.98. The summed E-state index contributed by atoms with van der Waals surface area (Å²) >= 11 is 0. The van der Waals surface area contributed by atoms with Crippen LogP contribution in [0.1, 0.15) is 17.3 Å². The van der Waals surface area contributed by atoms with E-state index in [1.165, 1.54) is 13.3 Å². The molecule has 0 aliphatic carbocycles. The van der Waals surface area contributed by atoms with Crippen LogP contribution in [0.3, 0.4) is 0 Å². The SMILES string of the molecule is CCN(CCOC)c1cc(C(=O)OC)c(N)cn1. The quantitative estimate of drug-likeness (QED) is 0.760. The van der Waals surface area contributed by atoms with Crippen molar-refractivity contribution >= 4 is 17.5 Å². The van der Waals surface area contributed by atoms with Crippen molar-refractivity contribution in [1.29, 1.82) is 0 Å². The maximum absolute atomic E-state index is 11.5. The zero-order valence-electron chi connectivity index (χ0n) is 11.0. The minimum Gasteiger partial charge on any atom is -0.465 e. The second kappa shape index (κ2) is 6.80. The molecular formula is C12H19N3O3. The molecule has 1 aromatic heterocycles. The maximum Gasteiger partial charge on any atom is 0.340 e. The monoisotopic (exact) mass is 253 g/mol. The number of hydrogen-bond donors (Lipinski definition) is 1. The van der Waals surface area contributed by atoms with Gasteiger partial charge in [-0.3, -0.25) is 0 Å². The summed E-state index contributed by atoms with van der Waals surface area (Å²) in [7, 11) is 2.97. The number of ether oxygens (including phenoxy) is 2. The van der Waals surface area contributed by atoms with Crippen LogP contribution in [-0.4, -0.2) is 44.9 Å². The molecule has 1 aromatic rings. The van der Waals surface area contributed by atoms with Crippen molar-refractivity contribution in [3.63, 3.8) is 0 Å². The number of pyridine rings is 1. The first-order chi connectivity index (χ1) is 8.63. The first-order valence-corrected chi connectivity index (χ1v) is 5.71. The molecular weight excluding hydrogens is 234 g/mol. The summed E-state index contributed by atoms with van der Waals surface area (Å²) < 4.78 is 9.71. The molecule has 0 bridgehead atoms. The van der Waals surface area contributed by atoms with E-state index in [1.807, 2.05) is 11.8 Å². The molecule has 0 fully saturated rings. The van der Waals surface area contributed by atoms with E-state index in [1.54, 1.807) is 13.2 Å². The molecule has 1 rings (SSSR count). The molecule has 6 nitrogen and oxygen atoms in total. The molecule has 0 atom stereocenters. The lowest BCUT2D eigenvalue weighted by Crippen LogP contribution is -2.28. The van der Waals surface area contributed by atoms with Crippen molar-refractivity contribution in [1.82, 2.24) is 4.98 Å². The Morgan fingerprint density at radius 3 is 2.78 bits per heavy atom. The van der Waals surface area contributed by atoms with Crippen molar-refractivity contribution in [2.75, 3.05) is 44.5 Å².